The molecule has 0 heterocycles. The summed E-state index contributed by atoms with van der Waals surface area (Å²) in [5, 5.41) is 0. The maximum absolute atomic E-state index is 11.6. The summed E-state index contributed by atoms with van der Waals surface area (Å²) in [7, 11) is -3.41. The average molecular weight is 287 g/mol. The lowest BCUT2D eigenvalue weighted by molar-refractivity contribution is -0.129. The summed E-state index contributed by atoms with van der Waals surface area (Å²) in [6.45, 7) is 18.1. The number of hydrogen-bond donors (Lipinski definition) is 0. The van der Waals surface area contributed by atoms with Gasteiger partial charge in [-0.2, -0.15) is 0 Å². The minimum atomic E-state index is -1.81. The van der Waals surface area contributed by atoms with Crippen molar-refractivity contribution < 1.29 is 13.6 Å². The molecule has 0 unspecified atom stereocenters. The molecule has 0 saturated heterocycles. The molecule has 0 aliphatic heterocycles. The van der Waals surface area contributed by atoms with Crippen LogP contribution in [0.5, 0.6) is 0 Å². The first kappa shape index (κ1) is 17.2. The van der Waals surface area contributed by atoms with Gasteiger partial charge in [0.15, 0.2) is 0 Å². The lowest BCUT2D eigenvalue weighted by Crippen LogP contribution is -2.28. The molecule has 0 N–H and O–H groups in total. The predicted octanol–water partition coefficient (Wildman–Crippen LogP) is 4.07. The van der Waals surface area contributed by atoms with Gasteiger partial charge in [-0.1, -0.05) is 12.2 Å². The maximum Gasteiger partial charge on any atom is 0.317 e. The van der Waals surface area contributed by atoms with Gasteiger partial charge in [-0.25, -0.2) is 4.79 Å². The topological polar surface area (TPSA) is 35.5 Å². The lowest BCUT2D eigenvalue weighted by Gasteiger charge is -2.21. The van der Waals surface area contributed by atoms with Crippen LogP contribution < -0.4 is 0 Å². The molecule has 0 rings (SSSR count). The third kappa shape index (κ3) is 10.3. The summed E-state index contributed by atoms with van der Waals surface area (Å²) in [5.74, 6) is 0.469. The Balaban J connectivity index is 4.36. The fraction of sp³-hybridized carbons (Fsp3) is 0.615. The van der Waals surface area contributed by atoms with Gasteiger partial charge in [0.25, 0.3) is 0 Å². The Hall–Kier alpha value is -0.816. The van der Waals surface area contributed by atoms with Crippen molar-refractivity contribution >= 4 is 22.6 Å². The predicted molar refractivity (Wildman–Crippen MR) is 81.4 cm³/mol. The lowest BCUT2D eigenvalue weighted by atomic mass is 10.2. The second kappa shape index (κ2) is 6.38. The van der Waals surface area contributed by atoms with Crippen LogP contribution in [0.4, 0.5) is 0 Å². The molecule has 0 aliphatic rings. The Morgan fingerprint density at radius 2 is 1.50 bits per heavy atom. The van der Waals surface area contributed by atoms with Gasteiger partial charge in [0.2, 0.25) is 16.6 Å². The van der Waals surface area contributed by atoms with Crippen LogP contribution >= 0.6 is 0 Å². The van der Waals surface area contributed by atoms with Gasteiger partial charge < -0.3 is 8.85 Å². The molecule has 5 heteroatoms. The van der Waals surface area contributed by atoms with E-state index in [1.54, 1.807) is 0 Å². The van der Waals surface area contributed by atoms with Crippen molar-refractivity contribution in [2.45, 2.75) is 52.6 Å². The maximum atomic E-state index is 11.6. The van der Waals surface area contributed by atoms with Crippen LogP contribution in [0.2, 0.25) is 39.3 Å². The SMILES string of the molecule is C=C(C/C(C)=C/C(=O)O[Si](C)(C)C)O[Si](C)(C)C. The van der Waals surface area contributed by atoms with E-state index in [0.29, 0.717) is 6.42 Å². The highest BCUT2D eigenvalue weighted by molar-refractivity contribution is 6.71. The van der Waals surface area contributed by atoms with Crippen LogP contribution in [0.15, 0.2) is 24.0 Å². The van der Waals surface area contributed by atoms with Crippen molar-refractivity contribution in [2.24, 2.45) is 0 Å². The first-order valence-electron chi connectivity index (χ1n) is 6.16. The van der Waals surface area contributed by atoms with E-state index in [2.05, 4.69) is 26.2 Å². The van der Waals surface area contributed by atoms with Gasteiger partial charge in [0.1, 0.15) is 0 Å². The Kier molecular flexibility index (Phi) is 6.09. The molecule has 104 valence electrons. The van der Waals surface area contributed by atoms with E-state index in [1.807, 2.05) is 26.6 Å². The van der Waals surface area contributed by atoms with Crippen molar-refractivity contribution in [2.75, 3.05) is 0 Å². The number of hydrogen-bond acceptors (Lipinski definition) is 3. The fourth-order valence-corrected chi connectivity index (χ4v) is 2.96. The van der Waals surface area contributed by atoms with E-state index in [9.17, 15) is 4.79 Å². The van der Waals surface area contributed by atoms with Crippen molar-refractivity contribution in [3.05, 3.63) is 24.0 Å². The van der Waals surface area contributed by atoms with Crippen LogP contribution in [0, 0.1) is 0 Å². The Bertz CT molecular complexity index is 346. The van der Waals surface area contributed by atoms with Crippen molar-refractivity contribution in [1.29, 1.82) is 0 Å². The van der Waals surface area contributed by atoms with Gasteiger partial charge in [0, 0.05) is 12.5 Å². The molecule has 0 saturated carbocycles. The molecule has 0 radical (unpaired) electrons. The van der Waals surface area contributed by atoms with Crippen LogP contribution in [0.25, 0.3) is 0 Å². The first-order chi connectivity index (χ1) is 7.89. The Morgan fingerprint density at radius 3 is 1.89 bits per heavy atom. The minimum absolute atomic E-state index is 0.257. The van der Waals surface area contributed by atoms with E-state index in [4.69, 9.17) is 8.85 Å². The molecule has 0 aromatic carbocycles. The molecule has 0 aromatic heterocycles. The summed E-state index contributed by atoms with van der Waals surface area (Å²) in [6.07, 6.45) is 2.13. The molecule has 0 aliphatic carbocycles. The summed E-state index contributed by atoms with van der Waals surface area (Å²) in [4.78, 5) is 11.6. The summed E-state index contributed by atoms with van der Waals surface area (Å²) >= 11 is 0. The molecule has 0 amide bonds. The molecule has 3 nitrogen and oxygen atoms in total. The standard InChI is InChI=1S/C13H26O3Si2/c1-11(9-12(2)15-17(3,4)5)10-13(14)16-18(6,7)8/h10H,2,9H2,1,3-8H3/b11-10+. The van der Waals surface area contributed by atoms with E-state index >= 15 is 0 Å². The minimum Gasteiger partial charge on any atom is -0.548 e. The number of allylic oxidation sites excluding steroid dienone is 1. The van der Waals surface area contributed by atoms with Crippen LogP contribution in [-0.2, 0) is 13.6 Å². The summed E-state index contributed by atoms with van der Waals surface area (Å²) in [6, 6.07) is 0. The second-order valence-electron chi connectivity index (χ2n) is 6.45. The van der Waals surface area contributed by atoms with Crippen LogP contribution in [0.3, 0.4) is 0 Å². The quantitative estimate of drug-likeness (QED) is 0.419. The highest BCUT2D eigenvalue weighted by atomic mass is 28.4. The Labute approximate surface area is 113 Å². The van der Waals surface area contributed by atoms with Crippen molar-refractivity contribution in [3.63, 3.8) is 0 Å². The van der Waals surface area contributed by atoms with E-state index < -0.39 is 16.6 Å². The molecule has 0 atom stereocenters. The van der Waals surface area contributed by atoms with Crippen LogP contribution in [-0.4, -0.2) is 22.6 Å². The third-order valence-electron chi connectivity index (χ3n) is 1.70. The van der Waals surface area contributed by atoms with Gasteiger partial charge in [-0.05, 0) is 46.2 Å². The van der Waals surface area contributed by atoms with Gasteiger partial charge in [-0.15, -0.1) is 0 Å². The smallest absolute Gasteiger partial charge is 0.317 e. The molecule has 0 bridgehead atoms. The average Bonchev–Trinajstić information content (AvgIpc) is 1.92. The van der Waals surface area contributed by atoms with E-state index in [-0.39, 0.29) is 5.97 Å². The number of carbonyl (C=O) groups excluding carboxylic acids is 1. The highest BCUT2D eigenvalue weighted by Gasteiger charge is 2.19. The van der Waals surface area contributed by atoms with Gasteiger partial charge >= 0.3 is 5.97 Å². The zero-order valence-corrected chi connectivity index (χ0v) is 14.7. The second-order valence-corrected chi connectivity index (χ2v) is 15.3. The van der Waals surface area contributed by atoms with Gasteiger partial charge in [-0.3, -0.25) is 0 Å². The van der Waals surface area contributed by atoms with Crippen LogP contribution in [0.1, 0.15) is 13.3 Å². The molecule has 0 aromatic rings. The molecular weight excluding hydrogens is 260 g/mol. The third-order valence-corrected chi connectivity index (χ3v) is 3.41. The number of rotatable bonds is 6. The summed E-state index contributed by atoms with van der Waals surface area (Å²) in [5.41, 5.74) is 0.918. The molecule has 0 spiro atoms. The first-order valence-corrected chi connectivity index (χ1v) is 13.0. The molecular formula is C13H26O3Si2. The van der Waals surface area contributed by atoms with E-state index in [0.717, 1.165) is 11.3 Å². The van der Waals surface area contributed by atoms with Crippen molar-refractivity contribution in [3.8, 4) is 0 Å². The fourth-order valence-electron chi connectivity index (χ4n) is 1.36. The number of carbonyl (C=O) groups is 1. The highest BCUT2D eigenvalue weighted by Crippen LogP contribution is 2.16. The zero-order chi connectivity index (χ0) is 14.6. The zero-order valence-electron chi connectivity index (χ0n) is 12.7. The van der Waals surface area contributed by atoms with E-state index in [1.165, 1.54) is 6.08 Å². The largest absolute Gasteiger partial charge is 0.548 e. The monoisotopic (exact) mass is 286 g/mol. The summed E-state index contributed by atoms with van der Waals surface area (Å²) < 4.78 is 11.1. The normalized spacial score (nSPS) is 13.2. The molecule has 18 heavy (non-hydrogen) atoms. The van der Waals surface area contributed by atoms with Crippen molar-refractivity contribution in [1.82, 2.24) is 0 Å². The Morgan fingerprint density at radius 1 is 1.06 bits per heavy atom. The molecule has 0 fully saturated rings. The van der Waals surface area contributed by atoms with Gasteiger partial charge in [0.05, 0.1) is 5.76 Å².